The topological polar surface area (TPSA) is 15.3 Å². The van der Waals surface area contributed by atoms with Crippen LogP contribution in [0.1, 0.15) is 34.6 Å². The summed E-state index contributed by atoms with van der Waals surface area (Å²) in [6, 6.07) is 1.24. The van der Waals surface area contributed by atoms with Crippen LogP contribution in [-0.4, -0.2) is 37.6 Å². The molecule has 12 heavy (non-hydrogen) atoms. The van der Waals surface area contributed by atoms with E-state index in [0.29, 0.717) is 12.1 Å². The molecule has 1 unspecified atom stereocenters. The molecule has 0 saturated heterocycles. The molecule has 0 fully saturated rings. The highest BCUT2D eigenvalue weighted by molar-refractivity contribution is 4.64. The Morgan fingerprint density at radius 1 is 1.17 bits per heavy atom. The molecule has 0 heterocycles. The van der Waals surface area contributed by atoms with Gasteiger partial charge >= 0.3 is 0 Å². The molecule has 0 aromatic heterocycles. The first kappa shape index (κ1) is 14.4. The normalized spacial score (nSPS) is 13.2. The Morgan fingerprint density at radius 3 is 2.00 bits per heavy atom. The van der Waals surface area contributed by atoms with E-state index in [2.05, 4.69) is 45.1 Å². The highest BCUT2D eigenvalue weighted by atomic mass is 15.1. The summed E-state index contributed by atoms with van der Waals surface area (Å²) in [4.78, 5) is 2.22. The van der Waals surface area contributed by atoms with E-state index >= 15 is 0 Å². The van der Waals surface area contributed by atoms with Gasteiger partial charge in [0.1, 0.15) is 0 Å². The van der Waals surface area contributed by atoms with Crippen molar-refractivity contribution in [1.29, 1.82) is 0 Å². The van der Waals surface area contributed by atoms with Crippen LogP contribution in [0.3, 0.4) is 0 Å². The van der Waals surface area contributed by atoms with E-state index in [9.17, 15) is 0 Å². The third kappa shape index (κ3) is 9.92. The Morgan fingerprint density at radius 2 is 1.67 bits per heavy atom. The Bertz CT molecular complexity index is 89.8. The van der Waals surface area contributed by atoms with Crippen LogP contribution in [-0.2, 0) is 0 Å². The lowest BCUT2D eigenvalue weighted by molar-refractivity contribution is 0.357. The molecule has 0 aromatic carbocycles. The maximum absolute atomic E-state index is 3.47. The second-order valence-corrected chi connectivity index (χ2v) is 3.81. The fourth-order valence-corrected chi connectivity index (χ4v) is 1.10. The Labute approximate surface area is 78.3 Å². The van der Waals surface area contributed by atoms with E-state index in [-0.39, 0.29) is 7.43 Å². The monoisotopic (exact) mass is 174 g/mol. The minimum Gasteiger partial charge on any atom is -0.312 e. The van der Waals surface area contributed by atoms with Crippen LogP contribution in [0.25, 0.3) is 0 Å². The maximum Gasteiger partial charge on any atom is 0.00532 e. The Hall–Kier alpha value is -0.0800. The lowest BCUT2D eigenvalue weighted by Crippen LogP contribution is -2.34. The van der Waals surface area contributed by atoms with E-state index in [4.69, 9.17) is 0 Å². The van der Waals surface area contributed by atoms with Crippen LogP contribution in [0.2, 0.25) is 0 Å². The van der Waals surface area contributed by atoms with Crippen LogP contribution in [0.4, 0.5) is 0 Å². The molecule has 2 nitrogen and oxygen atoms in total. The van der Waals surface area contributed by atoms with Crippen LogP contribution in [0, 0.1) is 0 Å². The molecule has 0 spiro atoms. The zero-order valence-electron chi connectivity index (χ0n) is 8.52. The van der Waals surface area contributed by atoms with Crippen LogP contribution >= 0.6 is 0 Å². The average Bonchev–Trinajstić information content (AvgIpc) is 1.82. The molecule has 0 aliphatic carbocycles. The fraction of sp³-hybridized carbons (Fsp3) is 1.00. The zero-order chi connectivity index (χ0) is 8.85. The molecule has 0 saturated carbocycles. The highest BCUT2D eigenvalue weighted by Gasteiger charge is 2.02. The van der Waals surface area contributed by atoms with Crippen LogP contribution in [0.15, 0.2) is 0 Å². The van der Waals surface area contributed by atoms with Gasteiger partial charge in [0.15, 0.2) is 0 Å². The smallest absolute Gasteiger partial charge is 0.00532 e. The van der Waals surface area contributed by atoms with Gasteiger partial charge in [-0.05, 0) is 34.0 Å². The summed E-state index contributed by atoms with van der Waals surface area (Å²) in [6.07, 6.45) is 1.23. The third-order valence-corrected chi connectivity index (χ3v) is 1.63. The van der Waals surface area contributed by atoms with Crippen molar-refractivity contribution >= 4 is 0 Å². The molecule has 0 rings (SSSR count). The van der Waals surface area contributed by atoms with E-state index in [1.54, 1.807) is 0 Å². The summed E-state index contributed by atoms with van der Waals surface area (Å²) in [5.74, 6) is 0. The standard InChI is InChI=1S/C9H22N2.CH4/c1-8(2)10-9(3)6-7-11(4)5;/h8-10H,6-7H2,1-5H3;1H4. The first-order valence-corrected chi connectivity index (χ1v) is 4.43. The van der Waals surface area contributed by atoms with Crippen molar-refractivity contribution in [2.24, 2.45) is 0 Å². The van der Waals surface area contributed by atoms with Crippen molar-refractivity contribution in [2.45, 2.75) is 46.7 Å². The summed E-state index contributed by atoms with van der Waals surface area (Å²) < 4.78 is 0. The quantitative estimate of drug-likeness (QED) is 0.685. The van der Waals surface area contributed by atoms with Crippen molar-refractivity contribution < 1.29 is 0 Å². The Kier molecular flexibility index (Phi) is 9.10. The molecule has 0 bridgehead atoms. The lowest BCUT2D eigenvalue weighted by Gasteiger charge is -2.18. The lowest BCUT2D eigenvalue weighted by atomic mass is 10.2. The summed E-state index contributed by atoms with van der Waals surface area (Å²) in [5.41, 5.74) is 0. The molecule has 0 aliphatic heterocycles. The van der Waals surface area contributed by atoms with Gasteiger partial charge in [-0.25, -0.2) is 0 Å². The van der Waals surface area contributed by atoms with Gasteiger partial charge in [-0.3, -0.25) is 0 Å². The van der Waals surface area contributed by atoms with Gasteiger partial charge in [-0.15, -0.1) is 0 Å². The summed E-state index contributed by atoms with van der Waals surface area (Å²) in [7, 11) is 4.23. The number of nitrogens with one attached hydrogen (secondary N) is 1. The van der Waals surface area contributed by atoms with Crippen molar-refractivity contribution in [3.05, 3.63) is 0 Å². The molecule has 76 valence electrons. The second-order valence-electron chi connectivity index (χ2n) is 3.81. The van der Waals surface area contributed by atoms with E-state index in [1.165, 1.54) is 13.0 Å². The number of hydrogen-bond acceptors (Lipinski definition) is 2. The summed E-state index contributed by atoms with van der Waals surface area (Å²) in [6.45, 7) is 7.78. The first-order chi connectivity index (χ1) is 5.02. The fourth-order valence-electron chi connectivity index (χ4n) is 1.10. The minimum absolute atomic E-state index is 0. The van der Waals surface area contributed by atoms with Gasteiger partial charge < -0.3 is 10.2 Å². The maximum atomic E-state index is 3.47. The SMILES string of the molecule is C.CC(C)NC(C)CCN(C)C. The molecule has 0 aliphatic rings. The van der Waals surface area contributed by atoms with Gasteiger partial charge in [-0.1, -0.05) is 21.3 Å². The first-order valence-electron chi connectivity index (χ1n) is 4.43. The molecule has 2 heteroatoms. The third-order valence-electron chi connectivity index (χ3n) is 1.63. The van der Waals surface area contributed by atoms with Crippen LogP contribution < -0.4 is 5.32 Å². The molecule has 0 radical (unpaired) electrons. The minimum atomic E-state index is 0. The van der Waals surface area contributed by atoms with Crippen molar-refractivity contribution in [2.75, 3.05) is 20.6 Å². The van der Waals surface area contributed by atoms with Gasteiger partial charge in [0, 0.05) is 12.1 Å². The summed E-state index contributed by atoms with van der Waals surface area (Å²) in [5, 5.41) is 3.47. The molecule has 1 atom stereocenters. The van der Waals surface area contributed by atoms with Gasteiger partial charge in [0.05, 0.1) is 0 Å². The highest BCUT2D eigenvalue weighted by Crippen LogP contribution is 1.93. The van der Waals surface area contributed by atoms with Crippen molar-refractivity contribution in [3.8, 4) is 0 Å². The van der Waals surface area contributed by atoms with Gasteiger partial charge in [-0.2, -0.15) is 0 Å². The number of rotatable bonds is 5. The Balaban J connectivity index is 0. The average molecular weight is 174 g/mol. The van der Waals surface area contributed by atoms with E-state index < -0.39 is 0 Å². The van der Waals surface area contributed by atoms with Gasteiger partial charge in [0.25, 0.3) is 0 Å². The predicted molar refractivity (Wildman–Crippen MR) is 57.6 cm³/mol. The van der Waals surface area contributed by atoms with Crippen molar-refractivity contribution in [3.63, 3.8) is 0 Å². The van der Waals surface area contributed by atoms with Crippen molar-refractivity contribution in [1.82, 2.24) is 10.2 Å². The number of hydrogen-bond donors (Lipinski definition) is 1. The molecular weight excluding hydrogens is 148 g/mol. The van der Waals surface area contributed by atoms with E-state index in [0.717, 1.165) is 0 Å². The molecule has 0 aromatic rings. The number of nitrogens with zero attached hydrogens (tertiary/aromatic N) is 1. The van der Waals surface area contributed by atoms with Gasteiger partial charge in [0.2, 0.25) is 0 Å². The molecule has 1 N–H and O–H groups in total. The molecular formula is C10H26N2. The zero-order valence-corrected chi connectivity index (χ0v) is 8.52. The second kappa shape index (κ2) is 7.56. The largest absolute Gasteiger partial charge is 0.312 e. The van der Waals surface area contributed by atoms with Crippen LogP contribution in [0.5, 0.6) is 0 Å². The molecule has 0 amide bonds. The summed E-state index contributed by atoms with van der Waals surface area (Å²) >= 11 is 0. The van der Waals surface area contributed by atoms with E-state index in [1.807, 2.05) is 0 Å². The predicted octanol–water partition coefficient (Wildman–Crippen LogP) is 1.96.